The molecule has 1 saturated carbocycles. The van der Waals surface area contributed by atoms with Gasteiger partial charge in [-0.3, -0.25) is 9.59 Å². The number of carbonyl (C=O) groups excluding carboxylic acids is 2. The standard InChI is InChI=1S/C32H33Cl4N3O4.ClH/c1-19-15-26(34)30(27(35)16-19)43-14-13-42-23-9-5-20(6-10-23)31(40)38-28-11-12-37-17-24(28)32(41)39(22-7-8-22)18-21-3-2-4-25(33)29(21)36;/h2-6,9-10,15-16,22,24,28,37H,7-8,11-14,17-18H2,1H3,(H,38,40);1H. The van der Waals surface area contributed by atoms with E-state index in [4.69, 9.17) is 55.9 Å². The lowest BCUT2D eigenvalue weighted by atomic mass is 9.91. The summed E-state index contributed by atoms with van der Waals surface area (Å²) >= 11 is 25.1. The van der Waals surface area contributed by atoms with E-state index in [0.717, 1.165) is 24.0 Å². The van der Waals surface area contributed by atoms with Gasteiger partial charge in [-0.1, -0.05) is 58.5 Å². The molecule has 0 bridgehead atoms. The van der Waals surface area contributed by atoms with Crippen LogP contribution in [0.25, 0.3) is 0 Å². The van der Waals surface area contributed by atoms with E-state index >= 15 is 0 Å². The number of amides is 2. The zero-order valence-corrected chi connectivity index (χ0v) is 27.9. The summed E-state index contributed by atoms with van der Waals surface area (Å²) < 4.78 is 11.5. The lowest BCUT2D eigenvalue weighted by Gasteiger charge is -2.36. The van der Waals surface area contributed by atoms with Gasteiger partial charge in [-0.25, -0.2) is 0 Å². The molecule has 2 aliphatic rings. The maximum atomic E-state index is 13.8. The number of ether oxygens (including phenoxy) is 2. The molecular formula is C32H34Cl5N3O4. The average Bonchev–Trinajstić information content (AvgIpc) is 3.83. The van der Waals surface area contributed by atoms with Crippen molar-refractivity contribution in [2.45, 2.75) is 44.8 Å². The fourth-order valence-corrected chi connectivity index (χ4v) is 6.30. The fraction of sp³-hybridized carbons (Fsp3) is 0.375. The van der Waals surface area contributed by atoms with Gasteiger partial charge in [0.05, 0.1) is 26.0 Å². The predicted molar refractivity (Wildman–Crippen MR) is 178 cm³/mol. The number of hydrogen-bond acceptors (Lipinski definition) is 5. The monoisotopic (exact) mass is 699 g/mol. The third kappa shape index (κ3) is 8.65. The first-order valence-electron chi connectivity index (χ1n) is 14.3. The van der Waals surface area contributed by atoms with Crippen LogP contribution >= 0.6 is 58.8 Å². The first kappa shape index (κ1) is 34.5. The van der Waals surface area contributed by atoms with Crippen LogP contribution in [0.1, 0.15) is 40.7 Å². The first-order chi connectivity index (χ1) is 20.7. The number of carbonyl (C=O) groups is 2. The van der Waals surface area contributed by atoms with Crippen molar-refractivity contribution < 1.29 is 19.1 Å². The second-order valence-corrected chi connectivity index (χ2v) is 12.5. The second kappa shape index (κ2) is 15.7. The Bertz CT molecular complexity index is 1450. The lowest BCUT2D eigenvalue weighted by Crippen LogP contribution is -2.55. The molecule has 0 spiro atoms. The Kier molecular flexibility index (Phi) is 12.3. The minimum absolute atomic E-state index is 0. The third-order valence-corrected chi connectivity index (χ3v) is 9.04. The number of nitrogens with zero attached hydrogens (tertiary/aromatic N) is 1. The molecule has 2 unspecified atom stereocenters. The fourth-order valence-electron chi connectivity index (χ4n) is 5.21. The molecule has 5 rings (SSSR count). The van der Waals surface area contributed by atoms with Gasteiger partial charge >= 0.3 is 0 Å². The molecule has 2 amide bonds. The quantitative estimate of drug-likeness (QED) is 0.204. The average molecular weight is 702 g/mol. The van der Waals surface area contributed by atoms with Crippen molar-refractivity contribution in [3.05, 3.63) is 91.4 Å². The number of hydrogen-bond donors (Lipinski definition) is 2. The molecule has 2 atom stereocenters. The van der Waals surface area contributed by atoms with E-state index in [1.54, 1.807) is 42.5 Å². The van der Waals surface area contributed by atoms with Gasteiger partial charge in [0.15, 0.2) is 5.75 Å². The molecule has 7 nitrogen and oxygen atoms in total. The van der Waals surface area contributed by atoms with Crippen molar-refractivity contribution in [2.75, 3.05) is 26.3 Å². The van der Waals surface area contributed by atoms with E-state index in [-0.39, 0.29) is 49.5 Å². The number of benzene rings is 3. The molecule has 0 radical (unpaired) electrons. The Morgan fingerprint density at radius 2 is 1.61 bits per heavy atom. The van der Waals surface area contributed by atoms with E-state index < -0.39 is 5.92 Å². The number of piperidine rings is 1. The van der Waals surface area contributed by atoms with Crippen LogP contribution in [-0.2, 0) is 11.3 Å². The van der Waals surface area contributed by atoms with Crippen LogP contribution in [0.4, 0.5) is 0 Å². The highest BCUT2D eigenvalue weighted by Crippen LogP contribution is 2.35. The molecule has 1 aliphatic heterocycles. The molecule has 236 valence electrons. The van der Waals surface area contributed by atoms with Crippen LogP contribution in [0, 0.1) is 12.8 Å². The van der Waals surface area contributed by atoms with Crippen molar-refractivity contribution in [1.82, 2.24) is 15.5 Å². The smallest absolute Gasteiger partial charge is 0.251 e. The molecule has 3 aromatic rings. The van der Waals surface area contributed by atoms with Crippen molar-refractivity contribution in [3.8, 4) is 11.5 Å². The third-order valence-electron chi connectivity index (χ3n) is 7.62. The lowest BCUT2D eigenvalue weighted by molar-refractivity contribution is -0.138. The Morgan fingerprint density at radius 1 is 0.932 bits per heavy atom. The SMILES string of the molecule is Cc1cc(Cl)c(OCCOc2ccc(C(=O)NC3CCNCC3C(=O)N(Cc3cccc(Cl)c3Cl)C3CC3)cc2)c(Cl)c1.Cl. The van der Waals surface area contributed by atoms with Crippen LogP contribution in [-0.4, -0.2) is 55.1 Å². The summed E-state index contributed by atoms with van der Waals surface area (Å²) in [7, 11) is 0. The van der Waals surface area contributed by atoms with Crippen LogP contribution in [0.5, 0.6) is 11.5 Å². The summed E-state index contributed by atoms with van der Waals surface area (Å²) in [5.41, 5.74) is 2.25. The summed E-state index contributed by atoms with van der Waals surface area (Å²) in [6.07, 6.45) is 2.55. The van der Waals surface area contributed by atoms with Gasteiger partial charge in [0.2, 0.25) is 5.91 Å². The van der Waals surface area contributed by atoms with Gasteiger partial charge < -0.3 is 25.0 Å². The molecule has 2 fully saturated rings. The van der Waals surface area contributed by atoms with E-state index in [2.05, 4.69) is 10.6 Å². The van der Waals surface area contributed by atoms with E-state index in [1.165, 1.54) is 0 Å². The van der Waals surface area contributed by atoms with Crippen molar-refractivity contribution in [2.24, 2.45) is 5.92 Å². The van der Waals surface area contributed by atoms with Crippen molar-refractivity contribution >= 4 is 70.6 Å². The van der Waals surface area contributed by atoms with Gasteiger partial charge in [-0.2, -0.15) is 0 Å². The molecule has 1 heterocycles. The maximum Gasteiger partial charge on any atom is 0.251 e. The summed E-state index contributed by atoms with van der Waals surface area (Å²) in [5.74, 6) is 0.396. The molecule has 1 saturated heterocycles. The van der Waals surface area contributed by atoms with Crippen molar-refractivity contribution in [1.29, 1.82) is 0 Å². The van der Waals surface area contributed by atoms with Gasteiger partial charge in [0.25, 0.3) is 5.91 Å². The highest BCUT2D eigenvalue weighted by Gasteiger charge is 2.40. The minimum Gasteiger partial charge on any atom is -0.490 e. The predicted octanol–water partition coefficient (Wildman–Crippen LogP) is 7.39. The van der Waals surface area contributed by atoms with Gasteiger partial charge in [0, 0.05) is 30.7 Å². The molecule has 2 N–H and O–H groups in total. The molecule has 12 heteroatoms. The number of halogens is 5. The Hall–Kier alpha value is -2.39. The molecular weight excluding hydrogens is 668 g/mol. The maximum absolute atomic E-state index is 13.8. The summed E-state index contributed by atoms with van der Waals surface area (Å²) in [4.78, 5) is 28.9. The van der Waals surface area contributed by atoms with Gasteiger partial charge in [0.1, 0.15) is 19.0 Å². The van der Waals surface area contributed by atoms with Crippen molar-refractivity contribution in [3.63, 3.8) is 0 Å². The van der Waals surface area contributed by atoms with Crippen LogP contribution in [0.15, 0.2) is 54.6 Å². The molecule has 3 aromatic carbocycles. The number of nitrogens with one attached hydrogen (secondary N) is 2. The largest absolute Gasteiger partial charge is 0.490 e. The van der Waals surface area contributed by atoms with E-state index in [0.29, 0.717) is 63.2 Å². The van der Waals surface area contributed by atoms with Gasteiger partial charge in [-0.15, -0.1) is 12.4 Å². The Balaban J connectivity index is 0.00000442. The first-order valence-corrected chi connectivity index (χ1v) is 15.8. The van der Waals surface area contributed by atoms with Gasteiger partial charge in [-0.05, 0) is 86.3 Å². The topological polar surface area (TPSA) is 79.9 Å². The second-order valence-electron chi connectivity index (χ2n) is 10.9. The Morgan fingerprint density at radius 3 is 2.30 bits per heavy atom. The van der Waals surface area contributed by atoms with Crippen LogP contribution < -0.4 is 20.1 Å². The normalized spacial score (nSPS) is 17.8. The van der Waals surface area contributed by atoms with E-state index in [1.807, 2.05) is 24.0 Å². The van der Waals surface area contributed by atoms with Crippen LogP contribution in [0.2, 0.25) is 20.1 Å². The van der Waals surface area contributed by atoms with E-state index in [9.17, 15) is 9.59 Å². The molecule has 44 heavy (non-hydrogen) atoms. The zero-order chi connectivity index (χ0) is 30.5. The number of aryl methyl sites for hydroxylation is 1. The Labute approximate surface area is 283 Å². The van der Waals surface area contributed by atoms with Crippen LogP contribution in [0.3, 0.4) is 0 Å². The number of rotatable bonds is 11. The highest BCUT2D eigenvalue weighted by atomic mass is 35.5. The highest BCUT2D eigenvalue weighted by molar-refractivity contribution is 6.42. The minimum atomic E-state index is -0.394. The summed E-state index contributed by atoms with van der Waals surface area (Å²) in [6.45, 7) is 4.01. The summed E-state index contributed by atoms with van der Waals surface area (Å²) in [6, 6.07) is 15.8. The summed E-state index contributed by atoms with van der Waals surface area (Å²) in [5, 5.41) is 8.26. The molecule has 1 aliphatic carbocycles. The zero-order valence-electron chi connectivity index (χ0n) is 24.1. The molecule has 0 aromatic heterocycles.